The van der Waals surface area contributed by atoms with Crippen LogP contribution < -0.4 is 5.32 Å². The molecule has 3 rings (SSSR count). The summed E-state index contributed by atoms with van der Waals surface area (Å²) in [6.07, 6.45) is -1.67. The number of pyridine rings is 1. The van der Waals surface area contributed by atoms with Gasteiger partial charge in [0.2, 0.25) is 0 Å². The maximum atomic E-state index is 12.6. The molecule has 3 aromatic rings. The lowest BCUT2D eigenvalue weighted by molar-refractivity contribution is -0.137. The molecule has 1 N–H and O–H groups in total. The van der Waals surface area contributed by atoms with Crippen molar-refractivity contribution in [3.8, 4) is 11.3 Å². The molecule has 0 atom stereocenters. The van der Waals surface area contributed by atoms with E-state index in [2.05, 4.69) is 20.0 Å². The number of benzene rings is 1. The van der Waals surface area contributed by atoms with E-state index in [9.17, 15) is 18.0 Å². The number of halogens is 3. The van der Waals surface area contributed by atoms with Crippen LogP contribution in [0.3, 0.4) is 0 Å². The molecular weight excluding hydrogens is 351 g/mol. The van der Waals surface area contributed by atoms with E-state index in [4.69, 9.17) is 4.42 Å². The van der Waals surface area contributed by atoms with Gasteiger partial charge in [0.25, 0.3) is 6.01 Å². The monoisotopic (exact) mass is 363 g/mol. The van der Waals surface area contributed by atoms with Crippen LogP contribution in [0.5, 0.6) is 0 Å². The Morgan fingerprint density at radius 2 is 1.88 bits per heavy atom. The van der Waals surface area contributed by atoms with Gasteiger partial charge in [0.05, 0.1) is 24.6 Å². The van der Waals surface area contributed by atoms with Crippen LogP contribution in [0.4, 0.5) is 24.9 Å². The van der Waals surface area contributed by atoms with Gasteiger partial charge in [-0.1, -0.05) is 12.1 Å². The van der Waals surface area contributed by atoms with Crippen LogP contribution >= 0.6 is 0 Å². The molecular formula is C17H12F3N3O3. The number of rotatable bonds is 4. The molecule has 1 aromatic carbocycles. The Bertz CT molecular complexity index is 903. The number of nitrogens with one attached hydrogen (secondary N) is 1. The zero-order valence-corrected chi connectivity index (χ0v) is 13.4. The second-order valence-electron chi connectivity index (χ2n) is 5.16. The SMILES string of the molecule is COC(=O)c1ccc(Nc2nc(-c3ccc(C(F)(F)F)cc3)co2)cn1. The van der Waals surface area contributed by atoms with Crippen LogP contribution in [0.2, 0.25) is 0 Å². The quantitative estimate of drug-likeness (QED) is 0.697. The number of oxazole rings is 1. The Hall–Kier alpha value is -3.36. The molecule has 0 amide bonds. The number of nitrogens with zero attached hydrogens (tertiary/aromatic N) is 2. The lowest BCUT2D eigenvalue weighted by Gasteiger charge is -2.06. The number of carbonyl (C=O) groups is 1. The minimum absolute atomic E-state index is 0.132. The van der Waals surface area contributed by atoms with E-state index in [1.165, 1.54) is 37.8 Å². The fourth-order valence-corrected chi connectivity index (χ4v) is 2.11. The highest BCUT2D eigenvalue weighted by Gasteiger charge is 2.30. The van der Waals surface area contributed by atoms with Crippen molar-refractivity contribution in [1.82, 2.24) is 9.97 Å². The van der Waals surface area contributed by atoms with Crippen molar-refractivity contribution < 1.29 is 27.1 Å². The van der Waals surface area contributed by atoms with Gasteiger partial charge in [0.1, 0.15) is 17.7 Å². The molecule has 2 heterocycles. The number of carbonyl (C=O) groups excluding carboxylic acids is 1. The normalized spacial score (nSPS) is 11.2. The van der Waals surface area contributed by atoms with Crippen molar-refractivity contribution in [3.63, 3.8) is 0 Å². The number of ether oxygens (including phenoxy) is 1. The van der Waals surface area contributed by atoms with Gasteiger partial charge in [0.15, 0.2) is 0 Å². The third-order valence-electron chi connectivity index (χ3n) is 3.42. The maximum Gasteiger partial charge on any atom is 0.416 e. The Balaban J connectivity index is 1.73. The Morgan fingerprint density at radius 3 is 2.46 bits per heavy atom. The first kappa shape index (κ1) is 17.5. The van der Waals surface area contributed by atoms with E-state index in [0.29, 0.717) is 16.9 Å². The fraction of sp³-hybridized carbons (Fsp3) is 0.118. The molecule has 134 valence electrons. The van der Waals surface area contributed by atoms with Crippen LogP contribution in [-0.4, -0.2) is 23.0 Å². The van der Waals surface area contributed by atoms with E-state index in [1.54, 1.807) is 6.07 Å². The lowest BCUT2D eigenvalue weighted by Crippen LogP contribution is -2.04. The summed E-state index contributed by atoms with van der Waals surface area (Å²) in [5.41, 5.74) is 0.781. The van der Waals surface area contributed by atoms with Gasteiger partial charge in [-0.05, 0) is 24.3 Å². The molecule has 0 saturated heterocycles. The minimum Gasteiger partial charge on any atom is -0.464 e. The number of methoxy groups -OCH3 is 1. The van der Waals surface area contributed by atoms with Crippen LogP contribution in [0.15, 0.2) is 53.3 Å². The summed E-state index contributed by atoms with van der Waals surface area (Å²) in [6, 6.07) is 7.77. The molecule has 0 bridgehead atoms. The topological polar surface area (TPSA) is 77.2 Å². The Morgan fingerprint density at radius 1 is 1.15 bits per heavy atom. The molecule has 0 aliphatic rings. The number of alkyl halides is 3. The standard InChI is InChI=1S/C17H12F3N3O3/c1-25-15(24)13-7-6-12(8-21-13)22-16-23-14(9-26-16)10-2-4-11(5-3-10)17(18,19)20/h2-9H,1H3,(H,22,23). The van der Waals surface area contributed by atoms with E-state index >= 15 is 0 Å². The summed E-state index contributed by atoms with van der Waals surface area (Å²) in [5, 5.41) is 2.84. The fourth-order valence-electron chi connectivity index (χ4n) is 2.11. The van der Waals surface area contributed by atoms with Gasteiger partial charge in [-0.15, -0.1) is 0 Å². The molecule has 0 aliphatic heterocycles. The van der Waals surface area contributed by atoms with Gasteiger partial charge in [-0.3, -0.25) is 0 Å². The van der Waals surface area contributed by atoms with E-state index < -0.39 is 17.7 Å². The number of anilines is 2. The van der Waals surface area contributed by atoms with Crippen LogP contribution in [0.25, 0.3) is 11.3 Å². The molecule has 9 heteroatoms. The number of esters is 1. The first-order valence-electron chi connectivity index (χ1n) is 7.31. The molecule has 0 aliphatic carbocycles. The second kappa shape index (κ2) is 6.87. The number of aromatic nitrogens is 2. The number of hydrogen-bond acceptors (Lipinski definition) is 6. The van der Waals surface area contributed by atoms with Gasteiger partial charge < -0.3 is 14.5 Å². The van der Waals surface area contributed by atoms with Gasteiger partial charge in [-0.25, -0.2) is 9.78 Å². The lowest BCUT2D eigenvalue weighted by atomic mass is 10.1. The van der Waals surface area contributed by atoms with Crippen molar-refractivity contribution in [1.29, 1.82) is 0 Å². The predicted octanol–water partition coefficient (Wildman–Crippen LogP) is 4.29. The first-order valence-corrected chi connectivity index (χ1v) is 7.31. The molecule has 26 heavy (non-hydrogen) atoms. The largest absolute Gasteiger partial charge is 0.464 e. The molecule has 0 saturated carbocycles. The van der Waals surface area contributed by atoms with E-state index in [-0.39, 0.29) is 11.7 Å². The van der Waals surface area contributed by atoms with E-state index in [0.717, 1.165) is 12.1 Å². The van der Waals surface area contributed by atoms with Gasteiger partial charge in [0, 0.05) is 5.56 Å². The average Bonchev–Trinajstić information content (AvgIpc) is 3.09. The van der Waals surface area contributed by atoms with Crippen molar-refractivity contribution in [3.05, 3.63) is 60.1 Å². The third-order valence-corrected chi connectivity index (χ3v) is 3.42. The van der Waals surface area contributed by atoms with Gasteiger partial charge in [-0.2, -0.15) is 18.2 Å². The zero-order chi connectivity index (χ0) is 18.7. The zero-order valence-electron chi connectivity index (χ0n) is 13.4. The predicted molar refractivity (Wildman–Crippen MR) is 85.8 cm³/mol. The number of hydrogen-bond donors (Lipinski definition) is 1. The Kier molecular flexibility index (Phi) is 4.61. The molecule has 0 fully saturated rings. The third kappa shape index (κ3) is 3.82. The van der Waals surface area contributed by atoms with Crippen molar-refractivity contribution in [2.24, 2.45) is 0 Å². The highest BCUT2D eigenvalue weighted by molar-refractivity contribution is 5.87. The molecule has 0 spiro atoms. The average molecular weight is 363 g/mol. The van der Waals surface area contributed by atoms with Crippen molar-refractivity contribution in [2.45, 2.75) is 6.18 Å². The van der Waals surface area contributed by atoms with Crippen LogP contribution in [0, 0.1) is 0 Å². The summed E-state index contributed by atoms with van der Waals surface area (Å²) in [5.74, 6) is -0.558. The molecule has 6 nitrogen and oxygen atoms in total. The summed E-state index contributed by atoms with van der Waals surface area (Å²) in [6.45, 7) is 0. The maximum absolute atomic E-state index is 12.6. The van der Waals surface area contributed by atoms with Crippen molar-refractivity contribution >= 4 is 17.7 Å². The summed E-state index contributed by atoms with van der Waals surface area (Å²) < 4.78 is 47.6. The van der Waals surface area contributed by atoms with Crippen molar-refractivity contribution in [2.75, 3.05) is 12.4 Å². The van der Waals surface area contributed by atoms with Gasteiger partial charge >= 0.3 is 12.1 Å². The summed E-state index contributed by atoms with van der Waals surface area (Å²) in [7, 11) is 1.26. The first-order chi connectivity index (χ1) is 12.4. The molecule has 0 unspecified atom stereocenters. The minimum atomic E-state index is -4.39. The summed E-state index contributed by atoms with van der Waals surface area (Å²) >= 11 is 0. The van der Waals surface area contributed by atoms with E-state index in [1.807, 2.05) is 0 Å². The smallest absolute Gasteiger partial charge is 0.416 e. The Labute approximate surface area is 145 Å². The van der Waals surface area contributed by atoms with Crippen LogP contribution in [-0.2, 0) is 10.9 Å². The highest BCUT2D eigenvalue weighted by Crippen LogP contribution is 2.31. The molecule has 0 radical (unpaired) electrons. The second-order valence-corrected chi connectivity index (χ2v) is 5.16. The molecule has 2 aromatic heterocycles. The van der Waals surface area contributed by atoms with Crippen LogP contribution in [0.1, 0.15) is 16.1 Å². The highest BCUT2D eigenvalue weighted by atomic mass is 19.4. The summed E-state index contributed by atoms with van der Waals surface area (Å²) in [4.78, 5) is 19.4.